The van der Waals surface area contributed by atoms with E-state index < -0.39 is 5.97 Å². The third-order valence-corrected chi connectivity index (χ3v) is 5.18. The van der Waals surface area contributed by atoms with Gasteiger partial charge in [-0.15, -0.1) is 0 Å². The molecule has 156 valence electrons. The lowest BCUT2D eigenvalue weighted by atomic mass is 10.1. The molecule has 2 N–H and O–H groups in total. The van der Waals surface area contributed by atoms with Crippen molar-refractivity contribution in [2.24, 2.45) is 0 Å². The fourth-order valence-electron chi connectivity index (χ4n) is 3.72. The number of aromatic nitrogens is 2. The minimum absolute atomic E-state index is 0.132. The van der Waals surface area contributed by atoms with Gasteiger partial charge < -0.3 is 20.1 Å². The third-order valence-electron chi connectivity index (χ3n) is 5.18. The van der Waals surface area contributed by atoms with Gasteiger partial charge in [-0.3, -0.25) is 0 Å². The van der Waals surface area contributed by atoms with E-state index in [1.165, 1.54) is 6.20 Å². The second-order valence-electron chi connectivity index (χ2n) is 7.11. The van der Waals surface area contributed by atoms with Crippen LogP contribution in [0.3, 0.4) is 0 Å². The van der Waals surface area contributed by atoms with Gasteiger partial charge in [0.2, 0.25) is 0 Å². The van der Waals surface area contributed by atoms with E-state index in [1.54, 1.807) is 18.5 Å². The van der Waals surface area contributed by atoms with Gasteiger partial charge in [-0.2, -0.15) is 5.10 Å². The Morgan fingerprint density at radius 1 is 1.38 bits per heavy atom. The Bertz CT molecular complexity index is 864. The molecule has 1 fully saturated rings. The van der Waals surface area contributed by atoms with E-state index in [0.29, 0.717) is 30.0 Å². The maximum absolute atomic E-state index is 12.7. The van der Waals surface area contributed by atoms with Crippen LogP contribution < -0.4 is 5.32 Å². The van der Waals surface area contributed by atoms with Crippen molar-refractivity contribution in [3.8, 4) is 5.69 Å². The number of ether oxygens (including phenoxy) is 1. The number of likely N-dealkylation sites (tertiary alicyclic amines) is 1. The normalized spacial score (nSPS) is 16.1. The molecule has 2 heterocycles. The van der Waals surface area contributed by atoms with Crippen molar-refractivity contribution in [3.05, 3.63) is 41.7 Å². The lowest BCUT2D eigenvalue weighted by Crippen LogP contribution is -2.38. The Kier molecular flexibility index (Phi) is 6.87. The summed E-state index contributed by atoms with van der Waals surface area (Å²) in [6, 6.07) is 7.39. The summed E-state index contributed by atoms with van der Waals surface area (Å²) in [6.07, 6.45) is 4.95. The molecule has 1 aromatic heterocycles. The molecular formula is C21H28N4O4. The fourth-order valence-corrected chi connectivity index (χ4v) is 3.72. The van der Waals surface area contributed by atoms with Crippen LogP contribution in [0, 0.1) is 6.92 Å². The van der Waals surface area contributed by atoms with Gasteiger partial charge in [0, 0.05) is 24.9 Å². The van der Waals surface area contributed by atoms with Crippen LogP contribution in [0.2, 0.25) is 0 Å². The Balaban J connectivity index is 1.73. The predicted molar refractivity (Wildman–Crippen MR) is 109 cm³/mol. The lowest BCUT2D eigenvalue weighted by Gasteiger charge is -2.25. The summed E-state index contributed by atoms with van der Waals surface area (Å²) >= 11 is 0. The first kappa shape index (κ1) is 20.9. The number of rotatable bonds is 7. The highest BCUT2D eigenvalue weighted by Gasteiger charge is 2.28. The zero-order valence-electron chi connectivity index (χ0n) is 16.9. The summed E-state index contributed by atoms with van der Waals surface area (Å²) in [6.45, 7) is 4.74. The topological polar surface area (TPSA) is 96.7 Å². The van der Waals surface area contributed by atoms with Crippen molar-refractivity contribution in [1.82, 2.24) is 14.7 Å². The van der Waals surface area contributed by atoms with Crippen LogP contribution in [0.1, 0.15) is 48.7 Å². The SMILES string of the molecule is CCOC(=O)c1cnn(-c2cccc(NC(=O)N3CCC[C@@H]3CCCO)c2)c1C. The van der Waals surface area contributed by atoms with Gasteiger partial charge in [0.25, 0.3) is 0 Å². The van der Waals surface area contributed by atoms with Crippen LogP contribution in [0.5, 0.6) is 0 Å². The van der Waals surface area contributed by atoms with Crippen LogP contribution in [-0.4, -0.2) is 57.6 Å². The second kappa shape index (κ2) is 9.56. The van der Waals surface area contributed by atoms with E-state index in [1.807, 2.05) is 29.2 Å². The molecule has 1 aliphatic rings. The van der Waals surface area contributed by atoms with Gasteiger partial charge in [0.05, 0.1) is 24.2 Å². The summed E-state index contributed by atoms with van der Waals surface area (Å²) < 4.78 is 6.71. The highest BCUT2D eigenvalue weighted by molar-refractivity contribution is 5.91. The second-order valence-corrected chi connectivity index (χ2v) is 7.11. The summed E-state index contributed by atoms with van der Waals surface area (Å²) in [5.41, 5.74) is 2.50. The van der Waals surface area contributed by atoms with Crippen molar-refractivity contribution in [2.45, 2.75) is 45.6 Å². The van der Waals surface area contributed by atoms with Crippen molar-refractivity contribution >= 4 is 17.7 Å². The molecule has 29 heavy (non-hydrogen) atoms. The number of carbonyl (C=O) groups is 2. The smallest absolute Gasteiger partial charge is 0.341 e. The summed E-state index contributed by atoms with van der Waals surface area (Å²) in [5.74, 6) is -0.399. The zero-order valence-corrected chi connectivity index (χ0v) is 16.9. The van der Waals surface area contributed by atoms with E-state index in [9.17, 15) is 9.59 Å². The number of amides is 2. The molecular weight excluding hydrogens is 372 g/mol. The lowest BCUT2D eigenvalue weighted by molar-refractivity contribution is 0.0525. The van der Waals surface area contributed by atoms with Crippen molar-refractivity contribution in [2.75, 3.05) is 25.1 Å². The maximum atomic E-state index is 12.7. The van der Waals surface area contributed by atoms with E-state index in [-0.39, 0.29) is 18.7 Å². The molecule has 3 rings (SSSR count). The minimum Gasteiger partial charge on any atom is -0.462 e. The molecule has 1 aliphatic heterocycles. The van der Waals surface area contributed by atoms with Gasteiger partial charge in [0.1, 0.15) is 5.56 Å². The van der Waals surface area contributed by atoms with Crippen molar-refractivity contribution in [3.63, 3.8) is 0 Å². The van der Waals surface area contributed by atoms with Crippen LogP contribution in [0.25, 0.3) is 5.69 Å². The number of anilines is 1. The highest BCUT2D eigenvalue weighted by atomic mass is 16.5. The maximum Gasteiger partial charge on any atom is 0.341 e. The molecule has 8 nitrogen and oxygen atoms in total. The van der Waals surface area contributed by atoms with E-state index in [4.69, 9.17) is 9.84 Å². The van der Waals surface area contributed by atoms with Crippen LogP contribution in [0.15, 0.2) is 30.5 Å². The number of aliphatic hydroxyl groups is 1. The quantitative estimate of drug-likeness (QED) is 0.696. The van der Waals surface area contributed by atoms with E-state index >= 15 is 0 Å². The Labute approximate surface area is 170 Å². The summed E-state index contributed by atoms with van der Waals surface area (Å²) in [4.78, 5) is 26.6. The Morgan fingerprint density at radius 3 is 2.97 bits per heavy atom. The number of hydrogen-bond acceptors (Lipinski definition) is 5. The Morgan fingerprint density at radius 2 is 2.21 bits per heavy atom. The van der Waals surface area contributed by atoms with E-state index in [0.717, 1.165) is 31.5 Å². The molecule has 2 aromatic rings. The summed E-state index contributed by atoms with van der Waals surface area (Å²) in [5, 5.41) is 16.3. The number of aliphatic hydroxyl groups excluding tert-OH is 1. The predicted octanol–water partition coefficient (Wildman–Crippen LogP) is 3.13. The van der Waals surface area contributed by atoms with Gasteiger partial charge in [-0.25, -0.2) is 14.3 Å². The third kappa shape index (κ3) is 4.76. The molecule has 0 spiro atoms. The van der Waals surface area contributed by atoms with Crippen LogP contribution in [0.4, 0.5) is 10.5 Å². The molecule has 1 atom stereocenters. The number of esters is 1. The molecule has 0 bridgehead atoms. The monoisotopic (exact) mass is 400 g/mol. The summed E-state index contributed by atoms with van der Waals surface area (Å²) in [7, 11) is 0. The molecule has 1 aromatic carbocycles. The zero-order chi connectivity index (χ0) is 20.8. The van der Waals surface area contributed by atoms with Gasteiger partial charge in [-0.05, 0) is 57.7 Å². The van der Waals surface area contributed by atoms with Crippen molar-refractivity contribution < 1.29 is 19.4 Å². The van der Waals surface area contributed by atoms with Crippen LogP contribution >= 0.6 is 0 Å². The minimum atomic E-state index is -0.399. The van der Waals surface area contributed by atoms with Gasteiger partial charge in [0.15, 0.2) is 0 Å². The number of hydrogen-bond donors (Lipinski definition) is 2. The van der Waals surface area contributed by atoms with Gasteiger partial charge >= 0.3 is 12.0 Å². The highest BCUT2D eigenvalue weighted by Crippen LogP contribution is 2.23. The molecule has 0 aliphatic carbocycles. The molecule has 2 amide bonds. The largest absolute Gasteiger partial charge is 0.462 e. The van der Waals surface area contributed by atoms with Crippen LogP contribution in [-0.2, 0) is 4.74 Å². The molecule has 0 radical (unpaired) electrons. The molecule has 1 saturated heterocycles. The fraction of sp³-hybridized carbons (Fsp3) is 0.476. The number of nitrogens with zero attached hydrogens (tertiary/aromatic N) is 3. The molecule has 0 saturated carbocycles. The number of carbonyl (C=O) groups excluding carboxylic acids is 2. The number of urea groups is 1. The van der Waals surface area contributed by atoms with Crippen molar-refractivity contribution in [1.29, 1.82) is 0 Å². The average Bonchev–Trinajstić information content (AvgIpc) is 3.33. The number of nitrogens with one attached hydrogen (secondary N) is 1. The first-order valence-electron chi connectivity index (χ1n) is 10.1. The standard InChI is InChI=1S/C21H28N4O4/c1-3-29-20(27)19-14-22-25(15(19)2)18-8-4-7-16(13-18)23-21(28)24-11-5-9-17(24)10-6-12-26/h4,7-8,13-14,17,26H,3,5-6,9-12H2,1-2H3,(H,23,28)/t17-/m1/s1. The number of benzene rings is 1. The first-order chi connectivity index (χ1) is 14.0. The average molecular weight is 400 g/mol. The van der Waals surface area contributed by atoms with E-state index in [2.05, 4.69) is 10.4 Å². The van der Waals surface area contributed by atoms with Gasteiger partial charge in [-0.1, -0.05) is 6.07 Å². The molecule has 0 unspecified atom stereocenters. The first-order valence-corrected chi connectivity index (χ1v) is 10.1. The molecule has 8 heteroatoms. The Hall–Kier alpha value is -2.87.